The Morgan fingerprint density at radius 3 is 2.68 bits per heavy atom. The molecule has 5 rings (SSSR count). The first kappa shape index (κ1) is 25.4. The number of carbonyl (C=O) groups excluding carboxylic acids is 2. The van der Waals surface area contributed by atoms with Gasteiger partial charge in [0.1, 0.15) is 34.5 Å². The van der Waals surface area contributed by atoms with Gasteiger partial charge in [-0.15, -0.1) is 0 Å². The number of aryl methyl sites for hydroxylation is 1. The number of carbonyl (C=O) groups is 2. The minimum absolute atomic E-state index is 0.00238. The highest BCUT2D eigenvalue weighted by atomic mass is 32.2. The van der Waals surface area contributed by atoms with Gasteiger partial charge in [0.25, 0.3) is 11.8 Å². The first-order valence-corrected chi connectivity index (χ1v) is 13.3. The van der Waals surface area contributed by atoms with Crippen LogP contribution in [0.5, 0.6) is 23.0 Å². The van der Waals surface area contributed by atoms with E-state index in [-0.39, 0.29) is 58.3 Å². The normalized spacial score (nSPS) is 18.2. The van der Waals surface area contributed by atoms with Crippen LogP contribution in [-0.2, 0) is 14.8 Å². The van der Waals surface area contributed by atoms with Gasteiger partial charge in [-0.05, 0) is 31.2 Å². The Balaban J connectivity index is 1.45. The van der Waals surface area contributed by atoms with Gasteiger partial charge in [-0.25, -0.2) is 18.1 Å². The lowest BCUT2D eigenvalue weighted by Crippen LogP contribution is -2.29. The number of anilines is 1. The summed E-state index contributed by atoms with van der Waals surface area (Å²) in [5.41, 5.74) is 0.894. The van der Waals surface area contributed by atoms with E-state index in [0.29, 0.717) is 18.7 Å². The SMILES string of the molecule is Cc1cnc(NC(=O)c2cc(Oc3ccc4c(c3)OCCNS4(=O)=O)cc(O[C@H]3CCN(C)C3=O)c2)cn1. The molecule has 2 amide bonds. The van der Waals surface area contributed by atoms with Gasteiger partial charge in [-0.2, -0.15) is 0 Å². The molecule has 0 aliphatic carbocycles. The highest BCUT2D eigenvalue weighted by Crippen LogP contribution is 2.34. The van der Waals surface area contributed by atoms with Gasteiger partial charge in [0.2, 0.25) is 10.0 Å². The lowest BCUT2D eigenvalue weighted by atomic mass is 10.1. The van der Waals surface area contributed by atoms with Crippen LogP contribution in [-0.4, -0.2) is 67.9 Å². The second kappa shape index (κ2) is 10.3. The maximum absolute atomic E-state index is 13.1. The van der Waals surface area contributed by atoms with Crippen molar-refractivity contribution in [1.82, 2.24) is 19.6 Å². The van der Waals surface area contributed by atoms with Crippen molar-refractivity contribution in [1.29, 1.82) is 0 Å². The summed E-state index contributed by atoms with van der Waals surface area (Å²) in [4.78, 5) is 35.3. The van der Waals surface area contributed by atoms with E-state index in [2.05, 4.69) is 20.0 Å². The number of nitrogens with one attached hydrogen (secondary N) is 2. The van der Waals surface area contributed by atoms with Crippen molar-refractivity contribution in [2.45, 2.75) is 24.3 Å². The number of nitrogens with zero attached hydrogens (tertiary/aromatic N) is 3. The minimum Gasteiger partial charge on any atom is -0.491 e. The van der Waals surface area contributed by atoms with E-state index in [1.54, 1.807) is 24.9 Å². The lowest BCUT2D eigenvalue weighted by Gasteiger charge is -2.16. The minimum atomic E-state index is -3.70. The molecule has 2 aliphatic rings. The molecule has 2 aliphatic heterocycles. The molecule has 13 heteroatoms. The molecule has 1 saturated heterocycles. The second-order valence-corrected chi connectivity index (χ2v) is 10.5. The van der Waals surface area contributed by atoms with Gasteiger partial charge >= 0.3 is 0 Å². The number of likely N-dealkylation sites (N-methyl/N-ethyl adjacent to an activating group) is 1. The van der Waals surface area contributed by atoms with Crippen molar-refractivity contribution in [3.05, 3.63) is 60.0 Å². The summed E-state index contributed by atoms with van der Waals surface area (Å²) < 4.78 is 44.7. The number of hydrogen-bond acceptors (Lipinski definition) is 9. The first-order chi connectivity index (χ1) is 18.2. The van der Waals surface area contributed by atoms with E-state index in [9.17, 15) is 18.0 Å². The number of likely N-dealkylation sites (tertiary alicyclic amines) is 1. The fourth-order valence-corrected chi connectivity index (χ4v) is 5.11. The third kappa shape index (κ3) is 5.53. The van der Waals surface area contributed by atoms with Crippen molar-refractivity contribution in [2.75, 3.05) is 32.1 Å². The molecule has 12 nitrogen and oxygen atoms in total. The number of fused-ring (bicyclic) bond motifs is 1. The van der Waals surface area contributed by atoms with Crippen LogP contribution in [0.1, 0.15) is 22.5 Å². The van der Waals surface area contributed by atoms with Gasteiger partial charge in [0.15, 0.2) is 11.9 Å². The standard InChI is InChI=1S/C25H25N5O7S/c1-15-13-27-23(14-26-15)29-24(31)16-9-18(11-19(10-16)37-20-5-7-30(2)25(20)32)36-17-3-4-22-21(12-17)35-8-6-28-38(22,33)34/h3-4,9-14,20,28H,5-8H2,1-2H3,(H,27,29,31)/t20-/m0/s1. The average Bonchev–Trinajstić information content (AvgIpc) is 3.10. The molecule has 0 radical (unpaired) electrons. The third-order valence-corrected chi connectivity index (χ3v) is 7.41. The van der Waals surface area contributed by atoms with Crippen LogP contribution >= 0.6 is 0 Å². The molecule has 1 atom stereocenters. The largest absolute Gasteiger partial charge is 0.491 e. The summed E-state index contributed by atoms with van der Waals surface area (Å²) >= 11 is 0. The Morgan fingerprint density at radius 1 is 1.13 bits per heavy atom. The smallest absolute Gasteiger partial charge is 0.263 e. The average molecular weight is 540 g/mol. The number of amides is 2. The summed E-state index contributed by atoms with van der Waals surface area (Å²) in [5.74, 6) is 0.538. The maximum Gasteiger partial charge on any atom is 0.263 e. The molecule has 2 N–H and O–H groups in total. The highest BCUT2D eigenvalue weighted by molar-refractivity contribution is 7.89. The lowest BCUT2D eigenvalue weighted by molar-refractivity contribution is -0.132. The van der Waals surface area contributed by atoms with Crippen LogP contribution in [0.3, 0.4) is 0 Å². The quantitative estimate of drug-likeness (QED) is 0.480. The van der Waals surface area contributed by atoms with Gasteiger partial charge in [-0.1, -0.05) is 0 Å². The van der Waals surface area contributed by atoms with Crippen molar-refractivity contribution >= 4 is 27.7 Å². The number of rotatable bonds is 6. The van der Waals surface area contributed by atoms with Gasteiger partial charge in [0, 0.05) is 44.3 Å². The number of sulfonamides is 1. The van der Waals surface area contributed by atoms with E-state index in [1.165, 1.54) is 42.7 Å². The van der Waals surface area contributed by atoms with Crippen LogP contribution in [0.15, 0.2) is 53.7 Å². The molecule has 0 bridgehead atoms. The molecule has 0 saturated carbocycles. The van der Waals surface area contributed by atoms with Gasteiger partial charge < -0.3 is 24.4 Å². The van der Waals surface area contributed by atoms with Crippen molar-refractivity contribution in [3.8, 4) is 23.0 Å². The molecular weight excluding hydrogens is 514 g/mol. The Morgan fingerprint density at radius 2 is 1.95 bits per heavy atom. The first-order valence-electron chi connectivity index (χ1n) is 11.8. The molecule has 1 aromatic heterocycles. The van der Waals surface area contributed by atoms with Gasteiger partial charge in [0.05, 0.1) is 18.1 Å². The number of hydrogen-bond donors (Lipinski definition) is 2. The van der Waals surface area contributed by atoms with Gasteiger partial charge in [-0.3, -0.25) is 14.6 Å². The van der Waals surface area contributed by atoms with Crippen molar-refractivity contribution < 1.29 is 32.2 Å². The topological polar surface area (TPSA) is 149 Å². The number of aromatic nitrogens is 2. The predicted molar refractivity (Wildman–Crippen MR) is 135 cm³/mol. The summed E-state index contributed by atoms with van der Waals surface area (Å²) in [7, 11) is -2.00. The van der Waals surface area contributed by atoms with Crippen LogP contribution in [0.4, 0.5) is 5.82 Å². The fraction of sp³-hybridized carbons (Fsp3) is 0.280. The zero-order chi connectivity index (χ0) is 26.9. The van der Waals surface area contributed by atoms with E-state index >= 15 is 0 Å². The predicted octanol–water partition coefficient (Wildman–Crippen LogP) is 2.11. The molecule has 3 aromatic rings. The Kier molecular flexibility index (Phi) is 6.87. The monoisotopic (exact) mass is 539 g/mol. The zero-order valence-corrected chi connectivity index (χ0v) is 21.4. The van der Waals surface area contributed by atoms with Crippen LogP contribution in [0.25, 0.3) is 0 Å². The summed E-state index contributed by atoms with van der Waals surface area (Å²) in [5, 5.41) is 2.68. The number of ether oxygens (including phenoxy) is 3. The third-order valence-electron chi connectivity index (χ3n) is 5.91. The highest BCUT2D eigenvalue weighted by Gasteiger charge is 2.31. The van der Waals surface area contributed by atoms with Crippen LogP contribution < -0.4 is 24.2 Å². The summed E-state index contributed by atoms with van der Waals surface area (Å²) in [6.45, 7) is 2.65. The van der Waals surface area contributed by atoms with E-state index in [1.807, 2.05) is 0 Å². The maximum atomic E-state index is 13.1. The molecule has 3 heterocycles. The zero-order valence-electron chi connectivity index (χ0n) is 20.6. The molecule has 198 valence electrons. The Labute approximate surface area is 219 Å². The van der Waals surface area contributed by atoms with E-state index < -0.39 is 22.0 Å². The summed E-state index contributed by atoms with van der Waals surface area (Å²) in [6.07, 6.45) is 2.79. The molecular formula is C25H25N5O7S. The fourth-order valence-electron chi connectivity index (χ4n) is 3.98. The van der Waals surface area contributed by atoms with Crippen LogP contribution in [0.2, 0.25) is 0 Å². The molecule has 2 aromatic carbocycles. The molecule has 1 fully saturated rings. The Hall–Kier alpha value is -4.23. The number of benzene rings is 2. The molecule has 0 spiro atoms. The Bertz CT molecular complexity index is 1490. The summed E-state index contributed by atoms with van der Waals surface area (Å²) in [6, 6.07) is 8.89. The van der Waals surface area contributed by atoms with Crippen LogP contribution in [0, 0.1) is 6.92 Å². The van der Waals surface area contributed by atoms with Crippen molar-refractivity contribution in [2.24, 2.45) is 0 Å². The van der Waals surface area contributed by atoms with Crippen molar-refractivity contribution in [3.63, 3.8) is 0 Å². The van der Waals surface area contributed by atoms with E-state index in [0.717, 1.165) is 0 Å². The molecule has 38 heavy (non-hydrogen) atoms. The second-order valence-electron chi connectivity index (χ2n) is 8.80. The molecule has 0 unspecified atom stereocenters. The van der Waals surface area contributed by atoms with E-state index in [4.69, 9.17) is 14.2 Å².